The average molecular weight is 350 g/mol. The number of carbonyl (C=O) groups is 2. The van der Waals surface area contributed by atoms with E-state index in [1.165, 1.54) is 0 Å². The molecule has 26 heavy (non-hydrogen) atoms. The smallest absolute Gasteiger partial charge is 0.243 e. The van der Waals surface area contributed by atoms with Crippen LogP contribution in [0.3, 0.4) is 0 Å². The van der Waals surface area contributed by atoms with Gasteiger partial charge >= 0.3 is 0 Å². The SMILES string of the molecule is CC(Cc1ccccc1)C(=O)N1CCC[C@H]1C(=O)NCc1ccccc1. The number of likely N-dealkylation sites (tertiary alicyclic amines) is 1. The van der Waals surface area contributed by atoms with Crippen LogP contribution < -0.4 is 5.32 Å². The maximum Gasteiger partial charge on any atom is 0.243 e. The van der Waals surface area contributed by atoms with Gasteiger partial charge in [-0.3, -0.25) is 9.59 Å². The van der Waals surface area contributed by atoms with Crippen LogP contribution >= 0.6 is 0 Å². The monoisotopic (exact) mass is 350 g/mol. The van der Waals surface area contributed by atoms with Crippen LogP contribution in [0.25, 0.3) is 0 Å². The third-order valence-corrected chi connectivity index (χ3v) is 4.95. The lowest BCUT2D eigenvalue weighted by Crippen LogP contribution is -2.47. The van der Waals surface area contributed by atoms with Crippen molar-refractivity contribution in [2.24, 2.45) is 5.92 Å². The van der Waals surface area contributed by atoms with Gasteiger partial charge < -0.3 is 10.2 Å². The molecule has 2 aromatic rings. The minimum Gasteiger partial charge on any atom is -0.350 e. The molecule has 1 aliphatic heterocycles. The average Bonchev–Trinajstić information content (AvgIpc) is 3.17. The minimum atomic E-state index is -0.343. The Morgan fingerprint density at radius 3 is 2.31 bits per heavy atom. The van der Waals surface area contributed by atoms with Crippen LogP contribution in [0.1, 0.15) is 30.9 Å². The molecule has 0 bridgehead atoms. The first-order chi connectivity index (χ1) is 12.6. The van der Waals surface area contributed by atoms with Crippen molar-refractivity contribution in [3.8, 4) is 0 Å². The highest BCUT2D eigenvalue weighted by atomic mass is 16.2. The maximum atomic E-state index is 12.9. The Kier molecular flexibility index (Phi) is 6.05. The molecule has 0 aliphatic carbocycles. The van der Waals surface area contributed by atoms with Gasteiger partial charge in [0.05, 0.1) is 0 Å². The van der Waals surface area contributed by atoms with Crippen molar-refractivity contribution in [3.05, 3.63) is 71.8 Å². The molecule has 0 spiro atoms. The molecule has 2 aromatic carbocycles. The number of carbonyl (C=O) groups excluding carboxylic acids is 2. The molecule has 2 atom stereocenters. The topological polar surface area (TPSA) is 49.4 Å². The summed E-state index contributed by atoms with van der Waals surface area (Å²) in [7, 11) is 0. The highest BCUT2D eigenvalue weighted by Crippen LogP contribution is 2.22. The normalized spacial score (nSPS) is 17.7. The van der Waals surface area contributed by atoms with E-state index in [9.17, 15) is 9.59 Å². The van der Waals surface area contributed by atoms with Gasteiger partial charge in [0.15, 0.2) is 0 Å². The number of rotatable bonds is 6. The molecular formula is C22H26N2O2. The Morgan fingerprint density at radius 2 is 1.65 bits per heavy atom. The van der Waals surface area contributed by atoms with E-state index < -0.39 is 0 Å². The maximum absolute atomic E-state index is 12.9. The van der Waals surface area contributed by atoms with Crippen molar-refractivity contribution in [1.29, 1.82) is 0 Å². The first-order valence-corrected chi connectivity index (χ1v) is 9.31. The van der Waals surface area contributed by atoms with Gasteiger partial charge in [0.1, 0.15) is 6.04 Å². The second kappa shape index (κ2) is 8.65. The molecule has 4 heteroatoms. The molecule has 1 fully saturated rings. The quantitative estimate of drug-likeness (QED) is 0.870. The fraction of sp³-hybridized carbons (Fsp3) is 0.364. The highest BCUT2D eigenvalue weighted by Gasteiger charge is 2.35. The zero-order valence-electron chi connectivity index (χ0n) is 15.2. The predicted molar refractivity (Wildman–Crippen MR) is 102 cm³/mol. The lowest BCUT2D eigenvalue weighted by molar-refractivity contribution is -0.141. The number of nitrogens with one attached hydrogen (secondary N) is 1. The molecule has 3 rings (SSSR count). The highest BCUT2D eigenvalue weighted by molar-refractivity contribution is 5.89. The standard InChI is InChI=1S/C22H26N2O2/c1-17(15-18-9-4-2-5-10-18)22(26)24-14-8-13-20(24)21(25)23-16-19-11-6-3-7-12-19/h2-7,9-12,17,20H,8,13-16H2,1H3,(H,23,25)/t17?,20-/m0/s1. The molecule has 0 saturated carbocycles. The Labute approximate surface area is 155 Å². The molecule has 4 nitrogen and oxygen atoms in total. The minimum absolute atomic E-state index is 0.0494. The first-order valence-electron chi connectivity index (χ1n) is 9.31. The zero-order chi connectivity index (χ0) is 18.4. The molecule has 1 heterocycles. The lowest BCUT2D eigenvalue weighted by atomic mass is 9.99. The second-order valence-corrected chi connectivity index (χ2v) is 6.98. The molecule has 1 unspecified atom stereocenters. The van der Waals surface area contributed by atoms with E-state index in [2.05, 4.69) is 5.32 Å². The van der Waals surface area contributed by atoms with Crippen LogP contribution in [0.5, 0.6) is 0 Å². The third kappa shape index (κ3) is 4.51. The summed E-state index contributed by atoms with van der Waals surface area (Å²) in [5.41, 5.74) is 2.21. The Balaban J connectivity index is 1.58. The summed E-state index contributed by atoms with van der Waals surface area (Å²) >= 11 is 0. The van der Waals surface area contributed by atoms with Gasteiger partial charge in [0.2, 0.25) is 11.8 Å². The van der Waals surface area contributed by atoms with Crippen LogP contribution in [0.15, 0.2) is 60.7 Å². The van der Waals surface area contributed by atoms with Gasteiger partial charge in [0.25, 0.3) is 0 Å². The first kappa shape index (κ1) is 18.2. The summed E-state index contributed by atoms with van der Waals surface area (Å²) in [5.74, 6) is -0.0993. The molecule has 2 amide bonds. The third-order valence-electron chi connectivity index (χ3n) is 4.95. The van der Waals surface area contributed by atoms with Crippen LogP contribution in [0.4, 0.5) is 0 Å². The second-order valence-electron chi connectivity index (χ2n) is 6.98. The largest absolute Gasteiger partial charge is 0.350 e. The number of amides is 2. The molecule has 0 radical (unpaired) electrons. The van der Waals surface area contributed by atoms with Gasteiger partial charge in [0, 0.05) is 19.0 Å². The summed E-state index contributed by atoms with van der Waals surface area (Å²) in [4.78, 5) is 27.3. The van der Waals surface area contributed by atoms with E-state index in [1.807, 2.05) is 67.6 Å². The summed E-state index contributed by atoms with van der Waals surface area (Å²) in [6.45, 7) is 3.12. The van der Waals surface area contributed by atoms with E-state index >= 15 is 0 Å². The Morgan fingerprint density at radius 1 is 1.04 bits per heavy atom. The summed E-state index contributed by atoms with van der Waals surface area (Å²) in [6.07, 6.45) is 2.33. The molecule has 1 N–H and O–H groups in total. The zero-order valence-corrected chi connectivity index (χ0v) is 15.2. The van der Waals surface area contributed by atoms with Crippen LogP contribution in [-0.4, -0.2) is 29.3 Å². The number of nitrogens with zero attached hydrogens (tertiary/aromatic N) is 1. The molecule has 136 valence electrons. The molecular weight excluding hydrogens is 324 g/mol. The number of hydrogen-bond donors (Lipinski definition) is 1. The van der Waals surface area contributed by atoms with Gasteiger partial charge in [-0.1, -0.05) is 67.6 Å². The van der Waals surface area contributed by atoms with E-state index in [1.54, 1.807) is 4.90 Å². The van der Waals surface area contributed by atoms with Gasteiger partial charge in [-0.05, 0) is 30.4 Å². The summed E-state index contributed by atoms with van der Waals surface area (Å²) < 4.78 is 0. The van der Waals surface area contributed by atoms with Crippen LogP contribution in [0, 0.1) is 5.92 Å². The molecule has 0 aromatic heterocycles. The van der Waals surface area contributed by atoms with E-state index in [0.717, 1.165) is 24.0 Å². The Hall–Kier alpha value is -2.62. The molecule has 1 saturated heterocycles. The number of benzene rings is 2. The van der Waals surface area contributed by atoms with Crippen LogP contribution in [0.2, 0.25) is 0 Å². The fourth-order valence-corrected chi connectivity index (χ4v) is 3.54. The number of hydrogen-bond acceptors (Lipinski definition) is 2. The fourth-order valence-electron chi connectivity index (χ4n) is 3.54. The van der Waals surface area contributed by atoms with E-state index in [-0.39, 0.29) is 23.8 Å². The predicted octanol–water partition coefficient (Wildman–Crippen LogP) is 3.17. The van der Waals surface area contributed by atoms with Crippen molar-refractivity contribution in [3.63, 3.8) is 0 Å². The molecule has 1 aliphatic rings. The van der Waals surface area contributed by atoms with E-state index in [4.69, 9.17) is 0 Å². The van der Waals surface area contributed by atoms with Gasteiger partial charge in [-0.25, -0.2) is 0 Å². The van der Waals surface area contributed by atoms with Crippen molar-refractivity contribution in [1.82, 2.24) is 10.2 Å². The lowest BCUT2D eigenvalue weighted by Gasteiger charge is -2.27. The van der Waals surface area contributed by atoms with Gasteiger partial charge in [-0.15, -0.1) is 0 Å². The van der Waals surface area contributed by atoms with Crippen molar-refractivity contribution < 1.29 is 9.59 Å². The van der Waals surface area contributed by atoms with Crippen molar-refractivity contribution in [2.45, 2.75) is 38.8 Å². The van der Waals surface area contributed by atoms with Crippen molar-refractivity contribution in [2.75, 3.05) is 6.54 Å². The summed E-state index contributed by atoms with van der Waals surface area (Å²) in [6, 6.07) is 19.5. The van der Waals surface area contributed by atoms with Gasteiger partial charge in [-0.2, -0.15) is 0 Å². The van der Waals surface area contributed by atoms with Crippen molar-refractivity contribution >= 4 is 11.8 Å². The summed E-state index contributed by atoms with van der Waals surface area (Å²) in [5, 5.41) is 2.98. The van der Waals surface area contributed by atoms with Crippen LogP contribution in [-0.2, 0) is 22.6 Å². The Bertz CT molecular complexity index is 730. The van der Waals surface area contributed by atoms with E-state index in [0.29, 0.717) is 19.5 Å².